The molecule has 6 heteroatoms. The quantitative estimate of drug-likeness (QED) is 0.852. The molecule has 0 aromatic carbocycles. The van der Waals surface area contributed by atoms with Crippen LogP contribution in [0.15, 0.2) is 0 Å². The zero-order valence-corrected chi connectivity index (χ0v) is 14.2. The lowest BCUT2D eigenvalue weighted by Gasteiger charge is -2.26. The molecule has 126 valence electrons. The summed E-state index contributed by atoms with van der Waals surface area (Å²) in [6, 6.07) is 0.573. The Morgan fingerprint density at radius 2 is 1.82 bits per heavy atom. The van der Waals surface area contributed by atoms with Crippen LogP contribution in [0.25, 0.3) is 0 Å². The first-order chi connectivity index (χ1) is 10.3. The van der Waals surface area contributed by atoms with Gasteiger partial charge in [-0.3, -0.25) is 0 Å². The Balaban J connectivity index is 1.79. The van der Waals surface area contributed by atoms with Gasteiger partial charge in [0.25, 0.3) is 0 Å². The van der Waals surface area contributed by atoms with E-state index in [0.29, 0.717) is 19.1 Å². The predicted octanol–water partition coefficient (Wildman–Crippen LogP) is 2.58. The molecule has 0 radical (unpaired) electrons. The number of rotatable bonds is 2. The van der Waals surface area contributed by atoms with Crippen LogP contribution in [0, 0.1) is 0 Å². The first-order valence-corrected chi connectivity index (χ1v) is 8.27. The van der Waals surface area contributed by atoms with Gasteiger partial charge < -0.3 is 19.9 Å². The molecule has 3 amide bonds. The first kappa shape index (κ1) is 16.9. The van der Waals surface area contributed by atoms with E-state index in [2.05, 4.69) is 5.32 Å². The molecule has 1 unspecified atom stereocenters. The smallest absolute Gasteiger partial charge is 0.410 e. The van der Waals surface area contributed by atoms with Crippen LogP contribution in [0.4, 0.5) is 9.59 Å². The molecular formula is C16H29N3O3. The van der Waals surface area contributed by atoms with Crippen molar-refractivity contribution in [2.45, 2.75) is 70.6 Å². The SMILES string of the molecule is CN(C(=O)NC1CCCN(C(=O)OC(C)(C)C)CC1)C1CC1. The van der Waals surface area contributed by atoms with E-state index in [9.17, 15) is 9.59 Å². The minimum atomic E-state index is -0.468. The second-order valence-electron chi connectivity index (χ2n) is 7.39. The number of carbonyl (C=O) groups is 2. The molecule has 1 aliphatic heterocycles. The van der Waals surface area contributed by atoms with Crippen molar-refractivity contribution in [1.29, 1.82) is 0 Å². The van der Waals surface area contributed by atoms with Crippen LogP contribution < -0.4 is 5.32 Å². The summed E-state index contributed by atoms with van der Waals surface area (Å²) in [6.45, 7) is 6.95. The van der Waals surface area contributed by atoms with Gasteiger partial charge in [-0.2, -0.15) is 0 Å². The highest BCUT2D eigenvalue weighted by Gasteiger charge is 2.31. The molecule has 1 heterocycles. The molecule has 6 nitrogen and oxygen atoms in total. The molecule has 2 rings (SSSR count). The third kappa shape index (κ3) is 5.07. The van der Waals surface area contributed by atoms with Crippen molar-refractivity contribution in [3.63, 3.8) is 0 Å². The number of nitrogens with one attached hydrogen (secondary N) is 1. The summed E-state index contributed by atoms with van der Waals surface area (Å²) in [6.07, 6.45) is 4.54. The van der Waals surface area contributed by atoms with E-state index in [4.69, 9.17) is 4.74 Å². The van der Waals surface area contributed by atoms with Gasteiger partial charge in [0.2, 0.25) is 0 Å². The van der Waals surface area contributed by atoms with Gasteiger partial charge in [0.05, 0.1) is 0 Å². The predicted molar refractivity (Wildman–Crippen MR) is 84.8 cm³/mol. The van der Waals surface area contributed by atoms with Gasteiger partial charge in [-0.15, -0.1) is 0 Å². The molecule has 1 atom stereocenters. The number of ether oxygens (including phenoxy) is 1. The molecule has 1 aliphatic carbocycles. The average Bonchev–Trinajstić information content (AvgIpc) is 3.23. The molecule has 2 fully saturated rings. The zero-order valence-electron chi connectivity index (χ0n) is 14.2. The van der Waals surface area contributed by atoms with Crippen LogP contribution in [0.2, 0.25) is 0 Å². The van der Waals surface area contributed by atoms with Crippen LogP contribution in [0.3, 0.4) is 0 Å². The van der Waals surface area contributed by atoms with Crippen molar-refractivity contribution in [3.05, 3.63) is 0 Å². The molecule has 0 aromatic rings. The molecule has 1 saturated heterocycles. The van der Waals surface area contributed by atoms with E-state index in [0.717, 1.165) is 32.1 Å². The van der Waals surface area contributed by atoms with Crippen LogP contribution >= 0.6 is 0 Å². The molecule has 1 saturated carbocycles. The number of hydrogen-bond donors (Lipinski definition) is 1. The van der Waals surface area contributed by atoms with Gasteiger partial charge in [-0.25, -0.2) is 9.59 Å². The van der Waals surface area contributed by atoms with Gasteiger partial charge in [0, 0.05) is 32.2 Å². The number of hydrogen-bond acceptors (Lipinski definition) is 3. The van der Waals surface area contributed by atoms with Crippen LogP contribution in [-0.4, -0.2) is 59.7 Å². The largest absolute Gasteiger partial charge is 0.444 e. The maximum Gasteiger partial charge on any atom is 0.410 e. The Morgan fingerprint density at radius 3 is 2.41 bits per heavy atom. The van der Waals surface area contributed by atoms with Gasteiger partial charge in [0.1, 0.15) is 5.60 Å². The molecule has 22 heavy (non-hydrogen) atoms. The Bertz CT molecular complexity index is 415. The highest BCUT2D eigenvalue weighted by atomic mass is 16.6. The van der Waals surface area contributed by atoms with Crippen LogP contribution in [0.5, 0.6) is 0 Å². The van der Waals surface area contributed by atoms with E-state index in [1.165, 1.54) is 0 Å². The fourth-order valence-corrected chi connectivity index (χ4v) is 2.65. The molecule has 2 aliphatic rings. The van der Waals surface area contributed by atoms with Crippen molar-refractivity contribution < 1.29 is 14.3 Å². The minimum absolute atomic E-state index is 0.0122. The van der Waals surface area contributed by atoms with Gasteiger partial charge in [0.15, 0.2) is 0 Å². The monoisotopic (exact) mass is 311 g/mol. The second-order valence-corrected chi connectivity index (χ2v) is 7.39. The Kier molecular flexibility index (Phi) is 5.19. The van der Waals surface area contributed by atoms with E-state index in [-0.39, 0.29) is 18.2 Å². The summed E-state index contributed by atoms with van der Waals surface area (Å²) >= 11 is 0. The fourth-order valence-electron chi connectivity index (χ4n) is 2.65. The number of amides is 3. The van der Waals surface area contributed by atoms with Crippen LogP contribution in [-0.2, 0) is 4.74 Å². The summed E-state index contributed by atoms with van der Waals surface area (Å²) in [4.78, 5) is 27.8. The maximum absolute atomic E-state index is 12.1. The normalized spacial score (nSPS) is 22.7. The highest BCUT2D eigenvalue weighted by molar-refractivity contribution is 5.75. The second kappa shape index (κ2) is 6.75. The summed E-state index contributed by atoms with van der Waals surface area (Å²) in [7, 11) is 1.86. The average molecular weight is 311 g/mol. The van der Waals surface area contributed by atoms with Crippen molar-refractivity contribution in [2.24, 2.45) is 0 Å². The number of nitrogens with zero attached hydrogens (tertiary/aromatic N) is 2. The van der Waals surface area contributed by atoms with E-state index in [1.54, 1.807) is 9.80 Å². The zero-order chi connectivity index (χ0) is 16.3. The summed E-state index contributed by atoms with van der Waals surface area (Å²) in [5.74, 6) is 0. The van der Waals surface area contributed by atoms with Crippen LogP contribution in [0.1, 0.15) is 52.9 Å². The van der Waals surface area contributed by atoms with E-state index in [1.807, 2.05) is 27.8 Å². The third-order valence-corrected chi connectivity index (χ3v) is 4.12. The van der Waals surface area contributed by atoms with Crippen molar-refractivity contribution in [1.82, 2.24) is 15.1 Å². The molecule has 0 spiro atoms. The minimum Gasteiger partial charge on any atom is -0.444 e. The highest BCUT2D eigenvalue weighted by Crippen LogP contribution is 2.25. The van der Waals surface area contributed by atoms with E-state index >= 15 is 0 Å². The maximum atomic E-state index is 12.1. The number of likely N-dealkylation sites (tertiary alicyclic amines) is 1. The third-order valence-electron chi connectivity index (χ3n) is 4.12. The fraction of sp³-hybridized carbons (Fsp3) is 0.875. The number of carbonyl (C=O) groups excluding carboxylic acids is 2. The summed E-state index contributed by atoms with van der Waals surface area (Å²) in [5.41, 5.74) is -0.468. The van der Waals surface area contributed by atoms with Crippen molar-refractivity contribution >= 4 is 12.1 Å². The Labute approximate surface area is 133 Å². The molecule has 0 aromatic heterocycles. The van der Waals surface area contributed by atoms with Gasteiger partial charge in [-0.05, 0) is 52.9 Å². The Hall–Kier alpha value is -1.46. The van der Waals surface area contributed by atoms with Crippen molar-refractivity contribution in [2.75, 3.05) is 20.1 Å². The number of urea groups is 1. The lowest BCUT2D eigenvalue weighted by Crippen LogP contribution is -2.44. The molecule has 1 N–H and O–H groups in total. The van der Waals surface area contributed by atoms with Gasteiger partial charge in [-0.1, -0.05) is 0 Å². The lowest BCUT2D eigenvalue weighted by atomic mass is 10.1. The first-order valence-electron chi connectivity index (χ1n) is 8.27. The van der Waals surface area contributed by atoms with E-state index < -0.39 is 5.60 Å². The summed E-state index contributed by atoms with van der Waals surface area (Å²) < 4.78 is 5.42. The molecule has 0 bridgehead atoms. The molecular weight excluding hydrogens is 282 g/mol. The standard InChI is InChI=1S/C16H29N3O3/c1-16(2,3)22-15(21)19-10-5-6-12(9-11-19)17-14(20)18(4)13-7-8-13/h12-13H,5-11H2,1-4H3,(H,17,20). The Morgan fingerprint density at radius 1 is 1.14 bits per heavy atom. The summed E-state index contributed by atoms with van der Waals surface area (Å²) in [5, 5.41) is 3.10. The lowest BCUT2D eigenvalue weighted by molar-refractivity contribution is 0.0256. The topological polar surface area (TPSA) is 61.9 Å². The van der Waals surface area contributed by atoms with Gasteiger partial charge >= 0.3 is 12.1 Å². The van der Waals surface area contributed by atoms with Crippen molar-refractivity contribution in [3.8, 4) is 0 Å².